The molecule has 0 bridgehead atoms. The molecule has 2 rings (SSSR count). The van der Waals surface area contributed by atoms with Gasteiger partial charge in [0, 0.05) is 12.2 Å². The number of primary sulfonamides is 1. The van der Waals surface area contributed by atoms with E-state index in [0.29, 0.717) is 5.76 Å². The number of benzene rings is 1. The summed E-state index contributed by atoms with van der Waals surface area (Å²) in [4.78, 5) is 11.4. The molecule has 5 N–H and O–H groups in total. The van der Waals surface area contributed by atoms with Crippen LogP contribution in [0, 0.1) is 0 Å². The molecule has 0 aliphatic heterocycles. The Morgan fingerprint density at radius 1 is 1.04 bits per heavy atom. The molecule has 0 atom stereocenters. The van der Waals surface area contributed by atoms with Crippen LogP contribution in [0.3, 0.4) is 0 Å². The van der Waals surface area contributed by atoms with Gasteiger partial charge in [0.25, 0.3) is 0 Å². The number of furan rings is 1. The van der Waals surface area contributed by atoms with Crippen LogP contribution in [0.5, 0.6) is 0 Å². The van der Waals surface area contributed by atoms with Gasteiger partial charge in [-0.25, -0.2) is 26.8 Å². The highest BCUT2D eigenvalue weighted by atomic mass is 32.2. The van der Waals surface area contributed by atoms with Crippen molar-refractivity contribution in [3.05, 3.63) is 48.4 Å². The Bertz CT molecular complexity index is 938. The van der Waals surface area contributed by atoms with Gasteiger partial charge in [0.2, 0.25) is 20.0 Å². The van der Waals surface area contributed by atoms with Crippen molar-refractivity contribution in [2.24, 2.45) is 5.14 Å². The molecule has 26 heavy (non-hydrogen) atoms. The molecule has 0 aliphatic carbocycles. The number of amides is 2. The zero-order valence-corrected chi connectivity index (χ0v) is 15.1. The first-order chi connectivity index (χ1) is 12.2. The Balaban J connectivity index is 1.78. The van der Waals surface area contributed by atoms with Crippen molar-refractivity contribution in [1.82, 2.24) is 10.6 Å². The van der Waals surface area contributed by atoms with Crippen molar-refractivity contribution in [3.8, 4) is 0 Å². The van der Waals surface area contributed by atoms with E-state index in [2.05, 4.69) is 15.4 Å². The molecule has 1 heterocycles. The number of nitrogens with two attached hydrogens (primary N) is 1. The van der Waals surface area contributed by atoms with Gasteiger partial charge in [-0.1, -0.05) is 0 Å². The predicted molar refractivity (Wildman–Crippen MR) is 94.2 cm³/mol. The molecule has 0 fully saturated rings. The molecule has 0 saturated heterocycles. The first kappa shape index (κ1) is 19.8. The molecular weight excluding hydrogens is 384 g/mol. The molecule has 1 aromatic heterocycles. The Labute approximate surface area is 150 Å². The van der Waals surface area contributed by atoms with Crippen LogP contribution in [0.4, 0.5) is 10.5 Å². The predicted octanol–water partition coefficient (Wildman–Crippen LogP) is 0.168. The van der Waals surface area contributed by atoms with Gasteiger partial charge >= 0.3 is 6.03 Å². The number of anilines is 1. The molecule has 0 unspecified atom stereocenters. The lowest BCUT2D eigenvalue weighted by molar-refractivity contribution is 0.240. The normalized spacial score (nSPS) is 11.7. The number of urea groups is 1. The van der Waals surface area contributed by atoms with Gasteiger partial charge in [-0.2, -0.15) is 0 Å². The molecule has 2 aromatic rings. The Kier molecular flexibility index (Phi) is 6.23. The molecule has 0 spiro atoms. The minimum Gasteiger partial charge on any atom is -0.467 e. The summed E-state index contributed by atoms with van der Waals surface area (Å²) >= 11 is 0. The van der Waals surface area contributed by atoms with Crippen LogP contribution < -0.4 is 20.5 Å². The number of nitrogens with one attached hydrogen (secondary N) is 3. The molecule has 2 amide bonds. The Hall–Kier alpha value is -2.57. The second-order valence-electron chi connectivity index (χ2n) is 5.18. The van der Waals surface area contributed by atoms with Gasteiger partial charge < -0.3 is 15.1 Å². The molecule has 0 saturated carbocycles. The highest BCUT2D eigenvalue weighted by Crippen LogP contribution is 2.14. The molecular formula is C14H18N4O6S2. The summed E-state index contributed by atoms with van der Waals surface area (Å²) in [5.41, 5.74) is 0.180. The van der Waals surface area contributed by atoms with Crippen molar-refractivity contribution >= 4 is 31.8 Å². The molecule has 10 nitrogen and oxygen atoms in total. The van der Waals surface area contributed by atoms with Crippen molar-refractivity contribution in [1.29, 1.82) is 0 Å². The summed E-state index contributed by atoms with van der Waals surface area (Å²) in [5, 5.41) is 9.89. The van der Waals surface area contributed by atoms with E-state index in [1.165, 1.54) is 30.5 Å². The standard InChI is InChI=1S/C14H18N4O6S2/c15-26(22,23)13-5-3-11(4-6-13)18-25(20,21)9-7-16-14(19)17-10-12-2-1-8-24-12/h1-6,8,18H,7,9-10H2,(H2,15,22,23)(H2,16,17,19). The third-order valence-corrected chi connectivity index (χ3v) is 5.33. The van der Waals surface area contributed by atoms with Gasteiger partial charge in [-0.3, -0.25) is 4.72 Å². The fourth-order valence-electron chi connectivity index (χ4n) is 1.89. The molecule has 12 heteroatoms. The summed E-state index contributed by atoms with van der Waals surface area (Å²) in [5.74, 6) is 0.204. The van der Waals surface area contributed by atoms with E-state index < -0.39 is 26.1 Å². The highest BCUT2D eigenvalue weighted by Gasteiger charge is 2.13. The Morgan fingerprint density at radius 2 is 1.73 bits per heavy atom. The number of hydrogen-bond donors (Lipinski definition) is 4. The van der Waals surface area contributed by atoms with Crippen LogP contribution in [0.25, 0.3) is 0 Å². The smallest absolute Gasteiger partial charge is 0.315 e. The van der Waals surface area contributed by atoms with Crippen LogP contribution >= 0.6 is 0 Å². The average molecular weight is 402 g/mol. The van der Waals surface area contributed by atoms with Gasteiger partial charge in [0.15, 0.2) is 0 Å². The maximum atomic E-state index is 12.0. The zero-order chi connectivity index (χ0) is 19.2. The van der Waals surface area contributed by atoms with Crippen LogP contribution in [0.1, 0.15) is 5.76 Å². The van der Waals surface area contributed by atoms with Gasteiger partial charge in [-0.05, 0) is 36.4 Å². The van der Waals surface area contributed by atoms with E-state index in [9.17, 15) is 21.6 Å². The third kappa shape index (κ3) is 6.38. The average Bonchev–Trinajstić information content (AvgIpc) is 3.05. The monoisotopic (exact) mass is 402 g/mol. The topological polar surface area (TPSA) is 161 Å². The van der Waals surface area contributed by atoms with Crippen LogP contribution in [0.15, 0.2) is 52.0 Å². The molecule has 142 valence electrons. The molecule has 1 aromatic carbocycles. The van der Waals surface area contributed by atoms with Gasteiger partial charge in [0.05, 0.1) is 23.5 Å². The fraction of sp³-hybridized carbons (Fsp3) is 0.214. The highest BCUT2D eigenvalue weighted by molar-refractivity contribution is 7.92. The number of rotatable bonds is 8. The SMILES string of the molecule is NS(=O)(=O)c1ccc(NS(=O)(=O)CCNC(=O)NCc2ccco2)cc1. The zero-order valence-electron chi connectivity index (χ0n) is 13.5. The van der Waals surface area contributed by atoms with E-state index in [1.807, 2.05) is 0 Å². The van der Waals surface area contributed by atoms with Crippen molar-refractivity contribution in [2.45, 2.75) is 11.4 Å². The van der Waals surface area contributed by atoms with Gasteiger partial charge in [0.1, 0.15) is 5.76 Å². The van der Waals surface area contributed by atoms with E-state index in [4.69, 9.17) is 9.56 Å². The van der Waals surface area contributed by atoms with Crippen LogP contribution in [0.2, 0.25) is 0 Å². The second kappa shape index (κ2) is 8.21. The first-order valence-electron chi connectivity index (χ1n) is 7.33. The van der Waals surface area contributed by atoms with Crippen molar-refractivity contribution in [3.63, 3.8) is 0 Å². The third-order valence-electron chi connectivity index (χ3n) is 3.12. The number of carbonyl (C=O) groups excluding carboxylic acids is 1. The lowest BCUT2D eigenvalue weighted by atomic mass is 10.3. The maximum Gasteiger partial charge on any atom is 0.315 e. The fourth-order valence-corrected chi connectivity index (χ4v) is 3.37. The Morgan fingerprint density at radius 3 is 2.31 bits per heavy atom. The van der Waals surface area contributed by atoms with Crippen molar-refractivity contribution in [2.75, 3.05) is 17.0 Å². The minimum absolute atomic E-state index is 0.116. The summed E-state index contributed by atoms with van der Waals surface area (Å²) in [7, 11) is -7.58. The van der Waals surface area contributed by atoms with E-state index in [1.54, 1.807) is 12.1 Å². The van der Waals surface area contributed by atoms with E-state index in [-0.39, 0.29) is 29.4 Å². The second-order valence-corrected chi connectivity index (χ2v) is 8.58. The summed E-state index contributed by atoms with van der Waals surface area (Å²) in [6.07, 6.45) is 1.47. The maximum absolute atomic E-state index is 12.0. The van der Waals surface area contributed by atoms with E-state index in [0.717, 1.165) is 0 Å². The number of carbonyl (C=O) groups is 1. The summed E-state index contributed by atoms with van der Waals surface area (Å²) in [6.45, 7) is 0.0643. The first-order valence-corrected chi connectivity index (χ1v) is 10.5. The van der Waals surface area contributed by atoms with Crippen LogP contribution in [-0.2, 0) is 26.6 Å². The molecule has 0 radical (unpaired) electrons. The minimum atomic E-state index is -3.85. The lowest BCUT2D eigenvalue weighted by Gasteiger charge is -2.10. The summed E-state index contributed by atoms with van der Waals surface area (Å²) < 4.78 is 53.6. The summed E-state index contributed by atoms with van der Waals surface area (Å²) in [6, 6.07) is 7.77. The quantitative estimate of drug-likeness (QED) is 0.492. The lowest BCUT2D eigenvalue weighted by Crippen LogP contribution is -2.38. The largest absolute Gasteiger partial charge is 0.467 e. The van der Waals surface area contributed by atoms with Crippen molar-refractivity contribution < 1.29 is 26.0 Å². The number of sulfonamides is 2. The van der Waals surface area contributed by atoms with Gasteiger partial charge in [-0.15, -0.1) is 0 Å². The number of hydrogen-bond acceptors (Lipinski definition) is 6. The van der Waals surface area contributed by atoms with Crippen LogP contribution in [-0.4, -0.2) is 35.2 Å². The van der Waals surface area contributed by atoms with E-state index >= 15 is 0 Å². The molecule has 0 aliphatic rings.